The fraction of sp³-hybridized carbons (Fsp3) is 0.435. The van der Waals surface area contributed by atoms with Crippen molar-refractivity contribution in [3.05, 3.63) is 58.6 Å². The molecule has 31 heavy (non-hydrogen) atoms. The van der Waals surface area contributed by atoms with Crippen molar-refractivity contribution < 1.29 is 18.0 Å². The van der Waals surface area contributed by atoms with Gasteiger partial charge in [0.15, 0.2) is 0 Å². The first-order valence-corrected chi connectivity index (χ1v) is 10.9. The Morgan fingerprint density at radius 1 is 1.10 bits per heavy atom. The SMILES string of the molecule is O=C(NC1CC1)[C@H]1Cc2cc(C(F)(F)F)ccc2N2CCN(c3cccc(Cl)c3)C[C@@H]12. The van der Waals surface area contributed by atoms with Crippen LogP contribution in [-0.4, -0.2) is 37.6 Å². The fourth-order valence-electron chi connectivity index (χ4n) is 4.74. The van der Waals surface area contributed by atoms with Gasteiger partial charge in [-0.2, -0.15) is 13.2 Å². The van der Waals surface area contributed by atoms with Gasteiger partial charge in [0, 0.05) is 42.1 Å². The maximum Gasteiger partial charge on any atom is 0.416 e. The van der Waals surface area contributed by atoms with E-state index in [-0.39, 0.29) is 18.0 Å². The van der Waals surface area contributed by atoms with Crippen molar-refractivity contribution in [1.82, 2.24) is 5.32 Å². The molecule has 0 unspecified atom stereocenters. The van der Waals surface area contributed by atoms with E-state index in [1.165, 1.54) is 6.07 Å². The smallest absolute Gasteiger partial charge is 0.368 e. The van der Waals surface area contributed by atoms with Gasteiger partial charge >= 0.3 is 6.18 Å². The second-order valence-corrected chi connectivity index (χ2v) is 9.06. The molecule has 1 N–H and O–H groups in total. The number of nitrogens with one attached hydrogen (secondary N) is 1. The summed E-state index contributed by atoms with van der Waals surface area (Å²) in [6.07, 6.45) is -2.15. The van der Waals surface area contributed by atoms with Crippen molar-refractivity contribution in [1.29, 1.82) is 0 Å². The molecule has 2 atom stereocenters. The first-order valence-electron chi connectivity index (χ1n) is 10.6. The summed E-state index contributed by atoms with van der Waals surface area (Å²) in [6.45, 7) is 1.95. The first kappa shape index (κ1) is 20.5. The van der Waals surface area contributed by atoms with Gasteiger partial charge in [0.2, 0.25) is 5.91 Å². The molecule has 0 spiro atoms. The number of carbonyl (C=O) groups is 1. The van der Waals surface area contributed by atoms with Crippen LogP contribution in [0.15, 0.2) is 42.5 Å². The van der Waals surface area contributed by atoms with Crippen LogP contribution in [0.3, 0.4) is 0 Å². The summed E-state index contributed by atoms with van der Waals surface area (Å²) in [5, 5.41) is 3.72. The van der Waals surface area contributed by atoms with Gasteiger partial charge in [-0.05, 0) is 61.2 Å². The van der Waals surface area contributed by atoms with Crippen molar-refractivity contribution in [2.75, 3.05) is 29.4 Å². The number of anilines is 2. The Kier molecular flexibility index (Phi) is 5.04. The Morgan fingerprint density at radius 3 is 2.61 bits per heavy atom. The highest BCUT2D eigenvalue weighted by molar-refractivity contribution is 6.30. The Bertz CT molecular complexity index is 1010. The average molecular weight is 450 g/mol. The number of piperazine rings is 1. The molecule has 0 aromatic heterocycles. The zero-order valence-electron chi connectivity index (χ0n) is 16.8. The molecule has 2 fully saturated rings. The van der Waals surface area contributed by atoms with Gasteiger partial charge in [0.1, 0.15) is 0 Å². The molecule has 1 saturated heterocycles. The van der Waals surface area contributed by atoms with Gasteiger partial charge in [-0.3, -0.25) is 4.79 Å². The first-order chi connectivity index (χ1) is 14.8. The average Bonchev–Trinajstić information content (AvgIpc) is 3.55. The third-order valence-electron chi connectivity index (χ3n) is 6.47. The maximum absolute atomic E-state index is 13.3. The molecular formula is C23H23ClF3N3O. The van der Waals surface area contributed by atoms with Crippen LogP contribution in [0, 0.1) is 5.92 Å². The van der Waals surface area contributed by atoms with Gasteiger partial charge in [-0.25, -0.2) is 0 Å². The van der Waals surface area contributed by atoms with Crippen LogP contribution < -0.4 is 15.1 Å². The molecule has 0 radical (unpaired) electrons. The van der Waals surface area contributed by atoms with Crippen LogP contribution in [0.2, 0.25) is 5.02 Å². The number of amides is 1. The molecule has 2 aromatic rings. The van der Waals surface area contributed by atoms with E-state index >= 15 is 0 Å². The predicted octanol–water partition coefficient (Wildman–Crippen LogP) is 4.50. The number of benzene rings is 2. The molecule has 8 heteroatoms. The van der Waals surface area contributed by atoms with Crippen molar-refractivity contribution in [2.45, 2.75) is 37.5 Å². The zero-order chi connectivity index (χ0) is 21.8. The molecule has 164 valence electrons. The lowest BCUT2D eigenvalue weighted by Gasteiger charge is -2.49. The van der Waals surface area contributed by atoms with E-state index in [1.807, 2.05) is 24.3 Å². The minimum Gasteiger partial charge on any atom is -0.368 e. The summed E-state index contributed by atoms with van der Waals surface area (Å²) < 4.78 is 39.9. The van der Waals surface area contributed by atoms with Crippen LogP contribution >= 0.6 is 11.6 Å². The summed E-state index contributed by atoms with van der Waals surface area (Å²) in [4.78, 5) is 17.4. The Hall–Kier alpha value is -2.41. The quantitative estimate of drug-likeness (QED) is 0.749. The zero-order valence-corrected chi connectivity index (χ0v) is 17.6. The number of fused-ring (bicyclic) bond motifs is 3. The lowest BCUT2D eigenvalue weighted by Crippen LogP contribution is -2.61. The van der Waals surface area contributed by atoms with E-state index in [1.54, 1.807) is 6.07 Å². The molecule has 0 bridgehead atoms. The molecule has 2 heterocycles. The van der Waals surface area contributed by atoms with E-state index in [4.69, 9.17) is 11.6 Å². The Morgan fingerprint density at radius 2 is 1.90 bits per heavy atom. The van der Waals surface area contributed by atoms with Crippen molar-refractivity contribution in [3.63, 3.8) is 0 Å². The lowest BCUT2D eigenvalue weighted by molar-refractivity contribution is -0.137. The molecule has 4 nitrogen and oxygen atoms in total. The van der Waals surface area contributed by atoms with Crippen LogP contribution in [0.4, 0.5) is 24.5 Å². The molecule has 2 aromatic carbocycles. The minimum atomic E-state index is -4.40. The van der Waals surface area contributed by atoms with Gasteiger partial charge in [-0.15, -0.1) is 0 Å². The molecule has 1 saturated carbocycles. The normalized spacial score (nSPS) is 23.2. The summed E-state index contributed by atoms with van der Waals surface area (Å²) in [5.41, 5.74) is 1.73. The largest absolute Gasteiger partial charge is 0.416 e. The second kappa shape index (κ2) is 7.62. The number of hydrogen-bond donors (Lipinski definition) is 1. The molecule has 2 aliphatic heterocycles. The molecule has 1 aliphatic carbocycles. The monoisotopic (exact) mass is 449 g/mol. The van der Waals surface area contributed by atoms with Crippen LogP contribution in [0.1, 0.15) is 24.0 Å². The minimum absolute atomic E-state index is 0.0616. The molecule has 3 aliphatic rings. The third-order valence-corrected chi connectivity index (χ3v) is 6.71. The van der Waals surface area contributed by atoms with E-state index in [0.29, 0.717) is 36.6 Å². The number of alkyl halides is 3. The Labute approximate surface area is 184 Å². The van der Waals surface area contributed by atoms with Gasteiger partial charge < -0.3 is 15.1 Å². The van der Waals surface area contributed by atoms with Crippen molar-refractivity contribution >= 4 is 28.9 Å². The molecular weight excluding hydrogens is 427 g/mol. The predicted molar refractivity (Wildman–Crippen MR) is 115 cm³/mol. The maximum atomic E-state index is 13.3. The lowest BCUT2D eigenvalue weighted by atomic mass is 9.82. The van der Waals surface area contributed by atoms with Crippen molar-refractivity contribution in [3.8, 4) is 0 Å². The molecule has 5 rings (SSSR count). The summed E-state index contributed by atoms with van der Waals surface area (Å²) in [6, 6.07) is 11.6. The van der Waals surface area contributed by atoms with E-state index in [2.05, 4.69) is 15.1 Å². The summed E-state index contributed by atoms with van der Waals surface area (Å²) >= 11 is 6.17. The third kappa shape index (κ3) is 4.07. The summed E-state index contributed by atoms with van der Waals surface area (Å²) in [7, 11) is 0. The van der Waals surface area contributed by atoms with Crippen LogP contribution in [0.25, 0.3) is 0 Å². The van der Waals surface area contributed by atoms with Crippen LogP contribution in [-0.2, 0) is 17.4 Å². The summed E-state index contributed by atoms with van der Waals surface area (Å²) in [5.74, 6) is -0.466. The highest BCUT2D eigenvalue weighted by Gasteiger charge is 2.43. The Balaban J connectivity index is 1.48. The van der Waals surface area contributed by atoms with Crippen molar-refractivity contribution in [2.24, 2.45) is 5.92 Å². The van der Waals surface area contributed by atoms with E-state index < -0.39 is 17.7 Å². The fourth-order valence-corrected chi connectivity index (χ4v) is 4.93. The number of carbonyl (C=O) groups excluding carboxylic acids is 1. The van der Waals surface area contributed by atoms with Gasteiger partial charge in [0.05, 0.1) is 17.5 Å². The van der Waals surface area contributed by atoms with E-state index in [0.717, 1.165) is 30.3 Å². The van der Waals surface area contributed by atoms with Gasteiger partial charge in [0.25, 0.3) is 0 Å². The van der Waals surface area contributed by atoms with E-state index in [9.17, 15) is 18.0 Å². The van der Waals surface area contributed by atoms with Gasteiger partial charge in [-0.1, -0.05) is 17.7 Å². The topological polar surface area (TPSA) is 35.6 Å². The number of halogens is 4. The second-order valence-electron chi connectivity index (χ2n) is 8.62. The molecule has 1 amide bonds. The standard InChI is InChI=1S/C23H23ClF3N3O/c24-16-2-1-3-18(12-16)29-8-9-30-20-7-4-15(23(25,26)27)10-14(20)11-19(21(30)13-29)22(31)28-17-5-6-17/h1-4,7,10,12,17,19,21H,5-6,8-9,11,13H2,(H,28,31)/t19-,21-/m0/s1. The number of rotatable bonds is 3. The van der Waals surface area contributed by atoms with Crippen LogP contribution in [0.5, 0.6) is 0 Å². The number of nitrogens with zero attached hydrogens (tertiary/aromatic N) is 2. The highest BCUT2D eigenvalue weighted by Crippen LogP contribution is 2.40. The number of hydrogen-bond acceptors (Lipinski definition) is 3. The highest BCUT2D eigenvalue weighted by atomic mass is 35.5.